The van der Waals surface area contributed by atoms with Crippen molar-refractivity contribution >= 4 is 27.5 Å². The summed E-state index contributed by atoms with van der Waals surface area (Å²) < 4.78 is 19.4. The van der Waals surface area contributed by atoms with Crippen LogP contribution in [0, 0.1) is 5.82 Å². The molecule has 0 N–H and O–H groups in total. The van der Waals surface area contributed by atoms with Gasteiger partial charge in [-0.05, 0) is 35.9 Å². The second-order valence-corrected chi connectivity index (χ2v) is 4.82. The van der Waals surface area contributed by atoms with E-state index in [1.165, 1.54) is 12.1 Å². The Morgan fingerprint density at radius 2 is 2.00 bits per heavy atom. The van der Waals surface area contributed by atoms with E-state index in [-0.39, 0.29) is 12.4 Å². The largest absolute Gasteiger partial charge is 0.487 e. The summed E-state index contributed by atoms with van der Waals surface area (Å²) >= 11 is 9.31. The van der Waals surface area contributed by atoms with E-state index in [0.717, 1.165) is 10.0 Å². The fraction of sp³-hybridized carbons (Fsp3) is 0.0769. The molecule has 0 aliphatic heterocycles. The van der Waals surface area contributed by atoms with Crippen LogP contribution in [0.3, 0.4) is 0 Å². The summed E-state index contributed by atoms with van der Waals surface area (Å²) in [5.74, 6) is 0.303. The summed E-state index contributed by atoms with van der Waals surface area (Å²) in [6.45, 7) is 0.286. The van der Waals surface area contributed by atoms with Gasteiger partial charge >= 0.3 is 0 Å². The molecule has 1 nitrogen and oxygen atoms in total. The monoisotopic (exact) mass is 314 g/mol. The lowest BCUT2D eigenvalue weighted by molar-refractivity contribution is 0.305. The minimum Gasteiger partial charge on any atom is -0.487 e. The van der Waals surface area contributed by atoms with Crippen molar-refractivity contribution in [1.29, 1.82) is 0 Å². The molecule has 0 aromatic heterocycles. The molecule has 2 aromatic carbocycles. The van der Waals surface area contributed by atoms with E-state index in [1.807, 2.05) is 6.07 Å². The van der Waals surface area contributed by atoms with E-state index in [4.69, 9.17) is 16.3 Å². The van der Waals surface area contributed by atoms with Crippen LogP contribution in [0.1, 0.15) is 5.56 Å². The highest BCUT2D eigenvalue weighted by molar-refractivity contribution is 9.10. The van der Waals surface area contributed by atoms with Crippen molar-refractivity contribution in [1.82, 2.24) is 0 Å². The fourth-order valence-electron chi connectivity index (χ4n) is 1.38. The average molecular weight is 316 g/mol. The molecule has 0 aliphatic carbocycles. The number of halogens is 3. The first kappa shape index (κ1) is 12.4. The predicted molar refractivity (Wildman–Crippen MR) is 69.9 cm³/mol. The molecule has 0 spiro atoms. The Morgan fingerprint density at radius 1 is 1.18 bits per heavy atom. The Balaban J connectivity index is 2.09. The lowest BCUT2D eigenvalue weighted by Crippen LogP contribution is -1.96. The van der Waals surface area contributed by atoms with Crippen molar-refractivity contribution in [2.45, 2.75) is 6.61 Å². The van der Waals surface area contributed by atoms with Crippen molar-refractivity contribution in [2.75, 3.05) is 0 Å². The molecule has 0 saturated heterocycles. The first-order chi connectivity index (χ1) is 8.15. The topological polar surface area (TPSA) is 9.23 Å². The summed E-state index contributed by atoms with van der Waals surface area (Å²) in [4.78, 5) is 0. The molecule has 88 valence electrons. The maximum absolute atomic E-state index is 12.9. The first-order valence-corrected chi connectivity index (χ1v) is 6.14. The van der Waals surface area contributed by atoms with Gasteiger partial charge in [-0.15, -0.1) is 0 Å². The number of hydrogen-bond acceptors (Lipinski definition) is 1. The van der Waals surface area contributed by atoms with Gasteiger partial charge in [0.2, 0.25) is 0 Å². The van der Waals surface area contributed by atoms with Gasteiger partial charge < -0.3 is 4.74 Å². The van der Waals surface area contributed by atoms with Gasteiger partial charge in [0.15, 0.2) is 0 Å². The number of rotatable bonds is 3. The highest BCUT2D eigenvalue weighted by Crippen LogP contribution is 2.28. The minimum absolute atomic E-state index is 0.272. The molecule has 2 rings (SSSR count). The minimum atomic E-state index is -0.272. The van der Waals surface area contributed by atoms with Gasteiger partial charge in [0.25, 0.3) is 0 Å². The van der Waals surface area contributed by atoms with Crippen LogP contribution in [0.25, 0.3) is 0 Å². The van der Waals surface area contributed by atoms with Gasteiger partial charge in [-0.2, -0.15) is 0 Å². The maximum Gasteiger partial charge on any atom is 0.139 e. The SMILES string of the molecule is Fc1cccc(COc2cc(Br)ccc2Cl)c1. The molecule has 0 unspecified atom stereocenters. The van der Waals surface area contributed by atoms with Gasteiger partial charge in [-0.3, -0.25) is 0 Å². The normalized spacial score (nSPS) is 10.3. The van der Waals surface area contributed by atoms with Crippen molar-refractivity contribution in [2.24, 2.45) is 0 Å². The van der Waals surface area contributed by atoms with Crippen LogP contribution >= 0.6 is 27.5 Å². The van der Waals surface area contributed by atoms with E-state index >= 15 is 0 Å². The van der Waals surface area contributed by atoms with Crippen molar-refractivity contribution < 1.29 is 9.13 Å². The van der Waals surface area contributed by atoms with Crippen LogP contribution in [0.2, 0.25) is 5.02 Å². The van der Waals surface area contributed by atoms with Crippen LogP contribution in [0.4, 0.5) is 4.39 Å². The van der Waals surface area contributed by atoms with Crippen molar-refractivity contribution in [3.05, 3.63) is 63.3 Å². The second-order valence-electron chi connectivity index (χ2n) is 3.49. The number of ether oxygens (including phenoxy) is 1. The molecule has 0 amide bonds. The van der Waals surface area contributed by atoms with Crippen molar-refractivity contribution in [3.8, 4) is 5.75 Å². The summed E-state index contributed by atoms with van der Waals surface area (Å²) in [6, 6.07) is 11.6. The average Bonchev–Trinajstić information content (AvgIpc) is 2.30. The quantitative estimate of drug-likeness (QED) is 0.789. The molecular formula is C13H9BrClFO. The molecule has 0 aliphatic rings. The number of benzene rings is 2. The van der Waals surface area contributed by atoms with Crippen molar-refractivity contribution in [3.63, 3.8) is 0 Å². The highest BCUT2D eigenvalue weighted by Gasteiger charge is 2.03. The zero-order chi connectivity index (χ0) is 12.3. The molecule has 0 atom stereocenters. The third kappa shape index (κ3) is 3.45. The van der Waals surface area contributed by atoms with Gasteiger partial charge in [0, 0.05) is 4.47 Å². The Kier molecular flexibility index (Phi) is 4.02. The van der Waals surface area contributed by atoms with E-state index in [1.54, 1.807) is 24.3 Å². The summed E-state index contributed by atoms with van der Waals surface area (Å²) in [7, 11) is 0. The number of hydrogen-bond donors (Lipinski definition) is 0. The summed E-state index contributed by atoms with van der Waals surface area (Å²) in [6.07, 6.45) is 0. The maximum atomic E-state index is 12.9. The Bertz CT molecular complexity index is 531. The molecule has 0 saturated carbocycles. The molecule has 0 heterocycles. The van der Waals surface area contributed by atoms with Crippen LogP contribution < -0.4 is 4.74 Å². The Morgan fingerprint density at radius 3 is 2.76 bits per heavy atom. The molecule has 17 heavy (non-hydrogen) atoms. The molecular weight excluding hydrogens is 306 g/mol. The molecule has 4 heteroatoms. The zero-order valence-electron chi connectivity index (χ0n) is 8.79. The van der Waals surface area contributed by atoms with E-state index in [0.29, 0.717) is 10.8 Å². The van der Waals surface area contributed by atoms with Crippen LogP contribution in [0.15, 0.2) is 46.9 Å². The zero-order valence-corrected chi connectivity index (χ0v) is 11.1. The Labute approximate surface area is 112 Å². The van der Waals surface area contributed by atoms with Gasteiger partial charge in [0.1, 0.15) is 18.2 Å². The lowest BCUT2D eigenvalue weighted by Gasteiger charge is -2.08. The first-order valence-electron chi connectivity index (χ1n) is 4.97. The highest BCUT2D eigenvalue weighted by atomic mass is 79.9. The van der Waals surface area contributed by atoms with Crippen LogP contribution in [-0.2, 0) is 6.61 Å². The van der Waals surface area contributed by atoms with Gasteiger partial charge in [-0.1, -0.05) is 39.7 Å². The summed E-state index contributed by atoms with van der Waals surface area (Å²) in [5, 5.41) is 0.532. The van der Waals surface area contributed by atoms with Gasteiger partial charge in [-0.25, -0.2) is 4.39 Å². The molecule has 2 aromatic rings. The van der Waals surface area contributed by atoms with E-state index < -0.39 is 0 Å². The smallest absolute Gasteiger partial charge is 0.139 e. The molecule has 0 radical (unpaired) electrons. The van der Waals surface area contributed by atoms with Crippen LogP contribution in [0.5, 0.6) is 5.75 Å². The lowest BCUT2D eigenvalue weighted by atomic mass is 10.2. The Hall–Kier alpha value is -1.06. The van der Waals surface area contributed by atoms with E-state index in [2.05, 4.69) is 15.9 Å². The van der Waals surface area contributed by atoms with Crippen LogP contribution in [-0.4, -0.2) is 0 Å². The molecule has 0 fully saturated rings. The third-order valence-electron chi connectivity index (χ3n) is 2.18. The summed E-state index contributed by atoms with van der Waals surface area (Å²) in [5.41, 5.74) is 0.765. The fourth-order valence-corrected chi connectivity index (χ4v) is 1.89. The molecule has 0 bridgehead atoms. The third-order valence-corrected chi connectivity index (χ3v) is 2.98. The van der Waals surface area contributed by atoms with E-state index in [9.17, 15) is 4.39 Å². The standard InChI is InChI=1S/C13H9BrClFO/c14-10-4-5-12(15)13(7-10)17-8-9-2-1-3-11(16)6-9/h1-7H,8H2. The van der Waals surface area contributed by atoms with Gasteiger partial charge in [0.05, 0.1) is 5.02 Å². The predicted octanol–water partition coefficient (Wildman–Crippen LogP) is 4.82. The second kappa shape index (κ2) is 5.52.